The number of rotatable bonds is 4. The third-order valence-electron chi connectivity index (χ3n) is 2.60. The molecule has 0 unspecified atom stereocenters. The topological polar surface area (TPSA) is 50.1 Å². The van der Waals surface area contributed by atoms with E-state index in [4.69, 9.17) is 21.6 Å². The molecule has 2 aromatic rings. The highest BCUT2D eigenvalue weighted by Crippen LogP contribution is 2.22. The number of carbonyl (C=O) groups excluding carboxylic acids is 1. The van der Waals surface area contributed by atoms with E-state index in [1.54, 1.807) is 36.4 Å². The van der Waals surface area contributed by atoms with Gasteiger partial charge in [0.2, 0.25) is 0 Å². The molecule has 0 saturated carbocycles. The van der Waals surface area contributed by atoms with Gasteiger partial charge in [0.25, 0.3) is 0 Å². The van der Waals surface area contributed by atoms with Gasteiger partial charge in [-0.15, -0.1) is 0 Å². The minimum Gasteiger partial charge on any atom is -0.485 e. The summed E-state index contributed by atoms with van der Waals surface area (Å²) >= 11 is 9.19. The van der Waals surface area contributed by atoms with Crippen LogP contribution in [0, 0.1) is 11.3 Å². The van der Waals surface area contributed by atoms with Crippen molar-refractivity contribution in [3.63, 3.8) is 0 Å². The van der Waals surface area contributed by atoms with Gasteiger partial charge < -0.3 is 4.74 Å². The number of hydrogen-bond acceptors (Lipinski definition) is 3. The number of carbonyl (C=O) groups is 1. The van der Waals surface area contributed by atoms with E-state index in [0.29, 0.717) is 21.9 Å². The predicted molar refractivity (Wildman–Crippen MR) is 80.1 cm³/mol. The fraction of sp³-hybridized carbons (Fsp3) is 0.0667. The molecule has 2 rings (SSSR count). The summed E-state index contributed by atoms with van der Waals surface area (Å²) in [5, 5.41) is 9.07. The lowest BCUT2D eigenvalue weighted by atomic mass is 10.1. The number of benzene rings is 2. The lowest BCUT2D eigenvalue weighted by molar-refractivity contribution is 0.0921. The van der Waals surface area contributed by atoms with E-state index in [9.17, 15) is 4.79 Å². The molecule has 0 aliphatic heterocycles. The van der Waals surface area contributed by atoms with Crippen molar-refractivity contribution in [1.29, 1.82) is 5.26 Å². The SMILES string of the molecule is N#Cc1ccc(OCC(=O)c2ccc(Br)cc2)cc1Cl. The van der Waals surface area contributed by atoms with Gasteiger partial charge in [-0.25, -0.2) is 0 Å². The lowest BCUT2D eigenvalue weighted by Crippen LogP contribution is -2.11. The summed E-state index contributed by atoms with van der Waals surface area (Å²) in [6, 6.07) is 13.7. The van der Waals surface area contributed by atoms with Gasteiger partial charge in [-0.2, -0.15) is 5.26 Å². The molecular formula is C15H9BrClNO2. The van der Waals surface area contributed by atoms with E-state index in [1.165, 1.54) is 6.07 Å². The maximum atomic E-state index is 11.9. The Morgan fingerprint density at radius 2 is 1.95 bits per heavy atom. The van der Waals surface area contributed by atoms with E-state index in [-0.39, 0.29) is 12.4 Å². The molecule has 2 aromatic carbocycles. The van der Waals surface area contributed by atoms with Crippen LogP contribution in [-0.2, 0) is 0 Å². The molecule has 0 fully saturated rings. The van der Waals surface area contributed by atoms with Crippen molar-refractivity contribution in [1.82, 2.24) is 0 Å². The largest absolute Gasteiger partial charge is 0.485 e. The van der Waals surface area contributed by atoms with Crippen molar-refractivity contribution >= 4 is 33.3 Å². The average Bonchev–Trinajstić information content (AvgIpc) is 2.45. The fourth-order valence-corrected chi connectivity index (χ4v) is 2.02. The summed E-state index contributed by atoms with van der Waals surface area (Å²) in [5.41, 5.74) is 0.950. The first kappa shape index (κ1) is 14.6. The Bertz CT molecular complexity index is 677. The fourth-order valence-electron chi connectivity index (χ4n) is 1.54. The first-order chi connectivity index (χ1) is 9.60. The van der Waals surface area contributed by atoms with Gasteiger partial charge >= 0.3 is 0 Å². The second kappa shape index (κ2) is 6.56. The molecule has 0 N–H and O–H groups in total. The second-order valence-electron chi connectivity index (χ2n) is 3.97. The van der Waals surface area contributed by atoms with E-state index in [0.717, 1.165) is 4.47 Å². The van der Waals surface area contributed by atoms with Crippen molar-refractivity contribution < 1.29 is 9.53 Å². The van der Waals surface area contributed by atoms with Gasteiger partial charge in [0.15, 0.2) is 12.4 Å². The number of nitriles is 1. The minimum atomic E-state index is -0.127. The molecule has 100 valence electrons. The van der Waals surface area contributed by atoms with E-state index < -0.39 is 0 Å². The average molecular weight is 351 g/mol. The van der Waals surface area contributed by atoms with Crippen LogP contribution in [0.3, 0.4) is 0 Å². The smallest absolute Gasteiger partial charge is 0.200 e. The second-order valence-corrected chi connectivity index (χ2v) is 5.30. The number of ether oxygens (including phenoxy) is 1. The zero-order valence-electron chi connectivity index (χ0n) is 10.3. The standard InChI is InChI=1S/C15H9BrClNO2/c16-12-4-1-10(2-5-12)15(19)9-20-13-6-3-11(8-18)14(17)7-13/h1-7H,9H2. The Balaban J connectivity index is 2.02. The Morgan fingerprint density at radius 3 is 2.55 bits per heavy atom. The summed E-state index contributed by atoms with van der Waals surface area (Å²) in [6.45, 7) is -0.0795. The third-order valence-corrected chi connectivity index (χ3v) is 3.44. The van der Waals surface area contributed by atoms with E-state index in [1.807, 2.05) is 6.07 Å². The molecule has 20 heavy (non-hydrogen) atoms. The monoisotopic (exact) mass is 349 g/mol. The first-order valence-electron chi connectivity index (χ1n) is 5.71. The van der Waals surface area contributed by atoms with E-state index in [2.05, 4.69) is 15.9 Å². The van der Waals surface area contributed by atoms with Crippen LogP contribution >= 0.6 is 27.5 Å². The highest BCUT2D eigenvalue weighted by molar-refractivity contribution is 9.10. The summed E-state index contributed by atoms with van der Waals surface area (Å²) in [4.78, 5) is 11.9. The van der Waals surface area contributed by atoms with Gasteiger partial charge in [-0.1, -0.05) is 39.7 Å². The van der Waals surface area contributed by atoms with Crippen LogP contribution in [0.2, 0.25) is 5.02 Å². The van der Waals surface area contributed by atoms with E-state index >= 15 is 0 Å². The first-order valence-corrected chi connectivity index (χ1v) is 6.88. The normalized spacial score (nSPS) is 9.85. The zero-order valence-corrected chi connectivity index (χ0v) is 12.6. The number of hydrogen-bond donors (Lipinski definition) is 0. The van der Waals surface area contributed by atoms with Crippen LogP contribution < -0.4 is 4.74 Å². The van der Waals surface area contributed by atoms with Crippen molar-refractivity contribution in [2.45, 2.75) is 0 Å². The van der Waals surface area contributed by atoms with Crippen molar-refractivity contribution in [3.05, 3.63) is 63.1 Å². The summed E-state index contributed by atoms with van der Waals surface area (Å²) in [7, 11) is 0. The van der Waals surface area contributed by atoms with Gasteiger partial charge in [-0.05, 0) is 24.3 Å². The molecule has 0 amide bonds. The molecule has 0 heterocycles. The number of nitrogens with zero attached hydrogens (tertiary/aromatic N) is 1. The van der Waals surface area contributed by atoms with Crippen LogP contribution in [0.4, 0.5) is 0 Å². The van der Waals surface area contributed by atoms with Crippen molar-refractivity contribution in [2.24, 2.45) is 0 Å². The molecule has 3 nitrogen and oxygen atoms in total. The summed E-state index contributed by atoms with van der Waals surface area (Å²) in [5.74, 6) is 0.331. The van der Waals surface area contributed by atoms with Crippen molar-refractivity contribution in [2.75, 3.05) is 6.61 Å². The molecule has 5 heteroatoms. The molecule has 0 atom stereocenters. The Kier molecular flexibility index (Phi) is 4.78. The molecule has 0 aliphatic carbocycles. The van der Waals surface area contributed by atoms with Crippen LogP contribution in [-0.4, -0.2) is 12.4 Å². The molecule has 0 aromatic heterocycles. The highest BCUT2D eigenvalue weighted by atomic mass is 79.9. The third kappa shape index (κ3) is 3.60. The minimum absolute atomic E-state index is 0.0795. The lowest BCUT2D eigenvalue weighted by Gasteiger charge is -2.06. The van der Waals surface area contributed by atoms with Crippen LogP contribution in [0.15, 0.2) is 46.9 Å². The van der Waals surface area contributed by atoms with Crippen LogP contribution in [0.1, 0.15) is 15.9 Å². The zero-order chi connectivity index (χ0) is 14.5. The van der Waals surface area contributed by atoms with Crippen molar-refractivity contribution in [3.8, 4) is 11.8 Å². The summed E-state index contributed by atoms with van der Waals surface area (Å²) in [6.07, 6.45) is 0. The van der Waals surface area contributed by atoms with Gasteiger partial charge in [0.05, 0.1) is 10.6 Å². The molecule has 0 saturated heterocycles. The Hall–Kier alpha value is -1.83. The van der Waals surface area contributed by atoms with Gasteiger partial charge in [0.1, 0.15) is 11.8 Å². The predicted octanol–water partition coefficient (Wildman–Crippen LogP) is 4.24. The number of Topliss-reactive ketones (excluding diaryl/α,β-unsaturated/α-hetero) is 1. The molecule has 0 radical (unpaired) electrons. The molecule has 0 bridgehead atoms. The molecule has 0 aliphatic rings. The number of ketones is 1. The maximum absolute atomic E-state index is 11.9. The molecule has 0 spiro atoms. The quantitative estimate of drug-likeness (QED) is 0.775. The highest BCUT2D eigenvalue weighted by Gasteiger charge is 2.08. The van der Waals surface area contributed by atoms with Crippen LogP contribution in [0.5, 0.6) is 5.75 Å². The molecular weight excluding hydrogens is 342 g/mol. The summed E-state index contributed by atoms with van der Waals surface area (Å²) < 4.78 is 6.29. The Morgan fingerprint density at radius 1 is 1.25 bits per heavy atom. The van der Waals surface area contributed by atoms with Gasteiger partial charge in [0, 0.05) is 16.1 Å². The number of halogens is 2. The Labute approximate surface area is 129 Å². The van der Waals surface area contributed by atoms with Gasteiger partial charge in [-0.3, -0.25) is 4.79 Å². The maximum Gasteiger partial charge on any atom is 0.200 e. The van der Waals surface area contributed by atoms with Crippen LogP contribution in [0.25, 0.3) is 0 Å².